The number of thioether (sulfide) groups is 1. The van der Waals surface area contributed by atoms with Crippen molar-refractivity contribution < 1.29 is 9.59 Å². The largest absolute Gasteiger partial charge is 0.323 e. The third-order valence-corrected chi connectivity index (χ3v) is 4.22. The summed E-state index contributed by atoms with van der Waals surface area (Å²) in [5.41, 5.74) is 2.25. The summed E-state index contributed by atoms with van der Waals surface area (Å²) in [6.45, 7) is 2.60. The monoisotopic (exact) mass is 305 g/mol. The Morgan fingerprint density at radius 1 is 1.52 bits per heavy atom. The first kappa shape index (κ1) is 13.9. The second-order valence-corrected chi connectivity index (χ2v) is 5.93. The average Bonchev–Trinajstić information content (AvgIpc) is 2.95. The molecule has 3 heterocycles. The molecule has 0 spiro atoms. The molecule has 1 fully saturated rings. The summed E-state index contributed by atoms with van der Waals surface area (Å²) in [5.74, 6) is 0.530. The first-order valence-electron chi connectivity index (χ1n) is 6.55. The van der Waals surface area contributed by atoms with Crippen molar-refractivity contribution in [3.8, 4) is 0 Å². The lowest BCUT2D eigenvalue weighted by atomic mass is 10.2. The minimum absolute atomic E-state index is 0.0400. The van der Waals surface area contributed by atoms with E-state index in [1.807, 2.05) is 20.0 Å². The Kier molecular flexibility index (Phi) is 3.54. The third-order valence-electron chi connectivity index (χ3n) is 3.33. The highest BCUT2D eigenvalue weighted by atomic mass is 32.2. The van der Waals surface area contributed by atoms with Crippen molar-refractivity contribution >= 4 is 39.6 Å². The lowest BCUT2D eigenvalue weighted by Crippen LogP contribution is -2.33. The molecule has 2 aromatic heterocycles. The van der Waals surface area contributed by atoms with Crippen molar-refractivity contribution in [3.63, 3.8) is 0 Å². The molecule has 2 aromatic rings. The number of anilines is 1. The summed E-state index contributed by atoms with van der Waals surface area (Å²) in [4.78, 5) is 29.3. The van der Waals surface area contributed by atoms with Crippen molar-refractivity contribution in [2.75, 3.05) is 24.2 Å². The van der Waals surface area contributed by atoms with Crippen LogP contribution in [0.2, 0.25) is 0 Å². The zero-order chi connectivity index (χ0) is 15.0. The van der Waals surface area contributed by atoms with Crippen LogP contribution in [0.1, 0.15) is 5.69 Å². The van der Waals surface area contributed by atoms with Crippen molar-refractivity contribution in [1.29, 1.82) is 0 Å². The van der Waals surface area contributed by atoms with Crippen molar-refractivity contribution in [3.05, 3.63) is 18.0 Å². The molecule has 8 heteroatoms. The van der Waals surface area contributed by atoms with Gasteiger partial charge < -0.3 is 10.2 Å². The standard InChI is InChI=1S/C13H15N5O2S/c1-8-10-5-9(6-14-12(10)17(2)16-8)15-11(19)7-18-3-4-21-13(18)20/h5-6H,3-4,7H2,1-2H3,(H,15,19). The number of pyridine rings is 1. The number of carbonyl (C=O) groups excluding carboxylic acids is 2. The van der Waals surface area contributed by atoms with Crippen LogP contribution in [-0.2, 0) is 11.8 Å². The Morgan fingerprint density at radius 3 is 3.05 bits per heavy atom. The van der Waals surface area contributed by atoms with Gasteiger partial charge in [0.2, 0.25) is 5.91 Å². The van der Waals surface area contributed by atoms with Gasteiger partial charge in [0.1, 0.15) is 6.54 Å². The lowest BCUT2D eigenvalue weighted by Gasteiger charge is -2.13. The van der Waals surface area contributed by atoms with Crippen molar-refractivity contribution in [2.45, 2.75) is 6.92 Å². The number of hydrogen-bond acceptors (Lipinski definition) is 5. The van der Waals surface area contributed by atoms with Gasteiger partial charge in [-0.25, -0.2) is 4.98 Å². The summed E-state index contributed by atoms with van der Waals surface area (Å²) >= 11 is 1.24. The van der Waals surface area contributed by atoms with Crippen molar-refractivity contribution in [1.82, 2.24) is 19.7 Å². The zero-order valence-corrected chi connectivity index (χ0v) is 12.6. The molecule has 110 valence electrons. The van der Waals surface area contributed by atoms with E-state index in [0.29, 0.717) is 12.2 Å². The van der Waals surface area contributed by atoms with Crippen LogP contribution in [0.15, 0.2) is 12.3 Å². The van der Waals surface area contributed by atoms with E-state index in [4.69, 9.17) is 0 Å². The highest BCUT2D eigenvalue weighted by Gasteiger charge is 2.23. The molecule has 0 unspecified atom stereocenters. The fraction of sp³-hybridized carbons (Fsp3) is 0.385. The van der Waals surface area contributed by atoms with E-state index in [9.17, 15) is 9.59 Å². The number of fused-ring (bicyclic) bond motifs is 1. The molecule has 1 saturated heterocycles. The van der Waals surface area contributed by atoms with E-state index in [2.05, 4.69) is 15.4 Å². The molecule has 0 bridgehead atoms. The van der Waals surface area contributed by atoms with Crippen molar-refractivity contribution in [2.24, 2.45) is 7.05 Å². The van der Waals surface area contributed by atoms with Crippen LogP contribution in [-0.4, -0.2) is 49.7 Å². The van der Waals surface area contributed by atoms with E-state index >= 15 is 0 Å². The van der Waals surface area contributed by atoms with Gasteiger partial charge in [-0.2, -0.15) is 5.10 Å². The molecule has 0 radical (unpaired) electrons. The van der Waals surface area contributed by atoms with Gasteiger partial charge in [0, 0.05) is 24.7 Å². The van der Waals surface area contributed by atoms with Crippen LogP contribution in [0.3, 0.4) is 0 Å². The van der Waals surface area contributed by atoms with Crippen LogP contribution in [0.25, 0.3) is 11.0 Å². The maximum atomic E-state index is 12.0. The molecule has 0 atom stereocenters. The van der Waals surface area contributed by atoms with Gasteiger partial charge in [-0.15, -0.1) is 0 Å². The van der Waals surface area contributed by atoms with E-state index in [0.717, 1.165) is 22.5 Å². The number of aromatic nitrogens is 3. The third kappa shape index (κ3) is 2.71. The van der Waals surface area contributed by atoms with E-state index in [-0.39, 0.29) is 17.7 Å². The Balaban J connectivity index is 1.74. The molecule has 3 rings (SSSR count). The lowest BCUT2D eigenvalue weighted by molar-refractivity contribution is -0.116. The molecule has 0 saturated carbocycles. The number of carbonyl (C=O) groups is 2. The normalized spacial score (nSPS) is 15.0. The van der Waals surface area contributed by atoms with Crippen LogP contribution < -0.4 is 5.32 Å². The Morgan fingerprint density at radius 2 is 2.33 bits per heavy atom. The van der Waals surface area contributed by atoms with Gasteiger partial charge in [0.25, 0.3) is 5.24 Å². The summed E-state index contributed by atoms with van der Waals surface area (Å²) in [6, 6.07) is 1.85. The van der Waals surface area contributed by atoms with Gasteiger partial charge in [-0.1, -0.05) is 11.8 Å². The number of nitrogens with zero attached hydrogens (tertiary/aromatic N) is 4. The Hall–Kier alpha value is -2.09. The highest BCUT2D eigenvalue weighted by molar-refractivity contribution is 8.13. The number of aryl methyl sites for hydroxylation is 2. The number of amides is 2. The molecule has 0 aliphatic carbocycles. The average molecular weight is 305 g/mol. The molecule has 1 aliphatic heterocycles. The fourth-order valence-corrected chi connectivity index (χ4v) is 3.14. The van der Waals surface area contributed by atoms with Crippen LogP contribution >= 0.6 is 11.8 Å². The van der Waals surface area contributed by atoms with Crippen LogP contribution in [0.4, 0.5) is 10.5 Å². The predicted octanol–water partition coefficient (Wildman–Crippen LogP) is 1.38. The summed E-state index contributed by atoms with van der Waals surface area (Å²) < 4.78 is 1.70. The number of nitrogens with one attached hydrogen (secondary N) is 1. The van der Waals surface area contributed by atoms with Gasteiger partial charge in [0.05, 0.1) is 17.6 Å². The molecular formula is C13H15N5O2S. The van der Waals surface area contributed by atoms with E-state index < -0.39 is 0 Å². The molecule has 0 aromatic carbocycles. The maximum Gasteiger partial charge on any atom is 0.282 e. The topological polar surface area (TPSA) is 80.1 Å². The first-order valence-corrected chi connectivity index (χ1v) is 7.54. The van der Waals surface area contributed by atoms with Crippen LogP contribution in [0, 0.1) is 6.92 Å². The highest BCUT2D eigenvalue weighted by Crippen LogP contribution is 2.20. The van der Waals surface area contributed by atoms with E-state index in [1.165, 1.54) is 11.8 Å². The van der Waals surface area contributed by atoms with Gasteiger partial charge in [0.15, 0.2) is 5.65 Å². The molecule has 21 heavy (non-hydrogen) atoms. The second-order valence-electron chi connectivity index (χ2n) is 4.89. The Bertz CT molecular complexity index is 727. The zero-order valence-electron chi connectivity index (χ0n) is 11.8. The summed E-state index contributed by atoms with van der Waals surface area (Å²) in [5, 5.41) is 7.93. The smallest absolute Gasteiger partial charge is 0.282 e. The minimum Gasteiger partial charge on any atom is -0.323 e. The van der Waals surface area contributed by atoms with Gasteiger partial charge in [-0.05, 0) is 13.0 Å². The van der Waals surface area contributed by atoms with Gasteiger partial charge in [-0.3, -0.25) is 14.3 Å². The Labute approximate surface area is 125 Å². The molecule has 1 aliphatic rings. The molecule has 2 amide bonds. The minimum atomic E-state index is -0.214. The van der Waals surface area contributed by atoms with E-state index in [1.54, 1.807) is 15.8 Å². The maximum absolute atomic E-state index is 12.0. The number of rotatable bonds is 3. The molecular weight excluding hydrogens is 290 g/mol. The summed E-state index contributed by atoms with van der Waals surface area (Å²) in [7, 11) is 1.83. The van der Waals surface area contributed by atoms with Gasteiger partial charge >= 0.3 is 0 Å². The molecule has 7 nitrogen and oxygen atoms in total. The predicted molar refractivity (Wildman–Crippen MR) is 81.3 cm³/mol. The quantitative estimate of drug-likeness (QED) is 0.926. The second kappa shape index (κ2) is 5.36. The number of hydrogen-bond donors (Lipinski definition) is 1. The van der Waals surface area contributed by atoms with Crippen LogP contribution in [0.5, 0.6) is 0 Å². The molecule has 1 N–H and O–H groups in total. The SMILES string of the molecule is Cc1nn(C)c2ncc(NC(=O)CN3CCSC3=O)cc12. The summed E-state index contributed by atoms with van der Waals surface area (Å²) in [6.07, 6.45) is 1.60. The first-order chi connectivity index (χ1) is 10.0. The fourth-order valence-electron chi connectivity index (χ4n) is 2.32.